The lowest BCUT2D eigenvalue weighted by molar-refractivity contribution is 0.100. The van der Waals surface area contributed by atoms with Crippen LogP contribution in [0.5, 0.6) is 0 Å². The van der Waals surface area contributed by atoms with Gasteiger partial charge in [-0.2, -0.15) is 0 Å². The fourth-order valence-corrected chi connectivity index (χ4v) is 1.32. The second kappa shape index (κ2) is 7.29. The number of primary amides is 1. The first-order valence-corrected chi connectivity index (χ1v) is 5.85. The fourth-order valence-electron chi connectivity index (χ4n) is 1.32. The number of guanidine groups is 1. The summed E-state index contributed by atoms with van der Waals surface area (Å²) in [7, 11) is 0. The third-order valence-corrected chi connectivity index (χ3v) is 2.35. The normalized spacial score (nSPS) is 11.1. The Bertz CT molecular complexity index is 413. The van der Waals surface area contributed by atoms with Crippen molar-refractivity contribution < 1.29 is 4.79 Å². The molecule has 0 saturated carbocycles. The molecule has 0 spiro atoms. The SMILES string of the molecule is CCCCN=C(NN)Nc1ccc(C(N)=O)cc1. The summed E-state index contributed by atoms with van der Waals surface area (Å²) in [6, 6.07) is 6.77. The van der Waals surface area contributed by atoms with Gasteiger partial charge in [0, 0.05) is 17.8 Å². The number of benzene rings is 1. The highest BCUT2D eigenvalue weighted by atomic mass is 16.1. The van der Waals surface area contributed by atoms with Gasteiger partial charge in [0.15, 0.2) is 0 Å². The monoisotopic (exact) mass is 249 g/mol. The molecule has 6 nitrogen and oxygen atoms in total. The van der Waals surface area contributed by atoms with Gasteiger partial charge in [0.05, 0.1) is 0 Å². The van der Waals surface area contributed by atoms with Crippen LogP contribution in [-0.2, 0) is 0 Å². The highest BCUT2D eigenvalue weighted by Gasteiger charge is 2.01. The summed E-state index contributed by atoms with van der Waals surface area (Å²) in [6.45, 7) is 2.81. The van der Waals surface area contributed by atoms with Crippen LogP contribution in [0.25, 0.3) is 0 Å². The summed E-state index contributed by atoms with van der Waals surface area (Å²) >= 11 is 0. The quantitative estimate of drug-likeness (QED) is 0.204. The lowest BCUT2D eigenvalue weighted by Crippen LogP contribution is -2.36. The van der Waals surface area contributed by atoms with E-state index in [4.69, 9.17) is 11.6 Å². The van der Waals surface area contributed by atoms with Crippen LogP contribution in [0.15, 0.2) is 29.3 Å². The van der Waals surface area contributed by atoms with Gasteiger partial charge in [0.1, 0.15) is 0 Å². The highest BCUT2D eigenvalue weighted by molar-refractivity contribution is 5.95. The van der Waals surface area contributed by atoms with Crippen LogP contribution in [0.3, 0.4) is 0 Å². The second-order valence-electron chi connectivity index (χ2n) is 3.79. The molecule has 18 heavy (non-hydrogen) atoms. The van der Waals surface area contributed by atoms with Crippen molar-refractivity contribution in [3.05, 3.63) is 29.8 Å². The van der Waals surface area contributed by atoms with E-state index in [1.165, 1.54) is 0 Å². The largest absolute Gasteiger partial charge is 0.366 e. The summed E-state index contributed by atoms with van der Waals surface area (Å²) in [4.78, 5) is 15.2. The Balaban J connectivity index is 2.64. The van der Waals surface area contributed by atoms with E-state index in [-0.39, 0.29) is 0 Å². The van der Waals surface area contributed by atoms with Gasteiger partial charge >= 0.3 is 0 Å². The van der Waals surface area contributed by atoms with E-state index in [2.05, 4.69) is 22.7 Å². The molecule has 6 heteroatoms. The highest BCUT2D eigenvalue weighted by Crippen LogP contribution is 2.08. The second-order valence-corrected chi connectivity index (χ2v) is 3.79. The van der Waals surface area contributed by atoms with Gasteiger partial charge in [0.2, 0.25) is 11.9 Å². The topological polar surface area (TPSA) is 106 Å². The number of nitrogens with two attached hydrogens (primary N) is 2. The predicted molar refractivity (Wildman–Crippen MR) is 73.1 cm³/mol. The van der Waals surface area contributed by atoms with Crippen molar-refractivity contribution >= 4 is 17.6 Å². The summed E-state index contributed by atoms with van der Waals surface area (Å²) in [5.41, 5.74) is 8.90. The molecule has 0 heterocycles. The third kappa shape index (κ3) is 4.42. The molecule has 0 bridgehead atoms. The van der Waals surface area contributed by atoms with Crippen molar-refractivity contribution in [2.75, 3.05) is 11.9 Å². The molecular formula is C12H19N5O. The zero-order valence-electron chi connectivity index (χ0n) is 10.4. The number of carbonyl (C=O) groups excluding carboxylic acids is 1. The Kier molecular flexibility index (Phi) is 5.66. The summed E-state index contributed by atoms with van der Waals surface area (Å²) < 4.78 is 0. The first-order chi connectivity index (χ1) is 8.67. The van der Waals surface area contributed by atoms with Gasteiger partial charge in [-0.3, -0.25) is 15.2 Å². The summed E-state index contributed by atoms with van der Waals surface area (Å²) in [6.07, 6.45) is 2.09. The average Bonchev–Trinajstić information content (AvgIpc) is 2.38. The van der Waals surface area contributed by atoms with E-state index in [9.17, 15) is 4.79 Å². The predicted octanol–water partition coefficient (Wildman–Crippen LogP) is 0.817. The van der Waals surface area contributed by atoms with Crippen LogP contribution < -0.4 is 22.3 Å². The fraction of sp³-hybridized carbons (Fsp3) is 0.333. The molecule has 6 N–H and O–H groups in total. The van der Waals surface area contributed by atoms with Gasteiger partial charge in [-0.05, 0) is 30.7 Å². The molecule has 0 aromatic heterocycles. The lowest BCUT2D eigenvalue weighted by Gasteiger charge is -2.09. The molecule has 0 fully saturated rings. The zero-order chi connectivity index (χ0) is 13.4. The molecular weight excluding hydrogens is 230 g/mol. The minimum Gasteiger partial charge on any atom is -0.366 e. The Morgan fingerprint density at radius 2 is 2.00 bits per heavy atom. The molecule has 1 amide bonds. The average molecular weight is 249 g/mol. The summed E-state index contributed by atoms with van der Waals surface area (Å²) in [5, 5.41) is 3.02. The molecule has 0 atom stereocenters. The smallest absolute Gasteiger partial charge is 0.248 e. The van der Waals surface area contributed by atoms with Crippen molar-refractivity contribution in [1.82, 2.24) is 5.43 Å². The van der Waals surface area contributed by atoms with Crippen LogP contribution in [0, 0.1) is 0 Å². The zero-order valence-corrected chi connectivity index (χ0v) is 10.4. The minimum absolute atomic E-state index is 0.449. The first kappa shape index (κ1) is 14.0. The third-order valence-electron chi connectivity index (χ3n) is 2.35. The molecule has 1 aromatic rings. The Morgan fingerprint density at radius 1 is 1.33 bits per heavy atom. The number of nitrogens with one attached hydrogen (secondary N) is 2. The number of hydrogen-bond acceptors (Lipinski definition) is 3. The van der Waals surface area contributed by atoms with Crippen molar-refractivity contribution in [3.8, 4) is 0 Å². The minimum atomic E-state index is -0.449. The van der Waals surface area contributed by atoms with E-state index in [0.29, 0.717) is 18.1 Å². The van der Waals surface area contributed by atoms with Crippen LogP contribution in [0.2, 0.25) is 0 Å². The molecule has 1 aromatic carbocycles. The number of unbranched alkanes of at least 4 members (excludes halogenated alkanes) is 1. The Hall–Kier alpha value is -2.08. The van der Waals surface area contributed by atoms with Crippen LogP contribution in [0.1, 0.15) is 30.1 Å². The van der Waals surface area contributed by atoms with E-state index in [0.717, 1.165) is 18.5 Å². The van der Waals surface area contributed by atoms with E-state index >= 15 is 0 Å². The standard InChI is InChI=1S/C12H19N5O/c1-2-3-8-15-12(17-14)16-10-6-4-9(5-7-10)11(13)18/h4-7H,2-3,8,14H2,1H3,(H2,13,18)(H2,15,16,17). The number of amides is 1. The number of nitrogens with zero attached hydrogens (tertiary/aromatic N) is 1. The first-order valence-electron chi connectivity index (χ1n) is 5.85. The maximum atomic E-state index is 10.9. The van der Waals surface area contributed by atoms with Crippen molar-refractivity contribution in [2.24, 2.45) is 16.6 Å². The Labute approximate surface area is 106 Å². The van der Waals surface area contributed by atoms with Crippen molar-refractivity contribution in [2.45, 2.75) is 19.8 Å². The van der Waals surface area contributed by atoms with Crippen molar-refractivity contribution in [1.29, 1.82) is 0 Å². The van der Waals surface area contributed by atoms with Gasteiger partial charge < -0.3 is 11.1 Å². The molecule has 0 aliphatic carbocycles. The maximum Gasteiger partial charge on any atom is 0.248 e. The van der Waals surface area contributed by atoms with Crippen LogP contribution in [-0.4, -0.2) is 18.4 Å². The molecule has 1 rings (SSSR count). The van der Waals surface area contributed by atoms with E-state index in [1.807, 2.05) is 0 Å². The number of rotatable bonds is 5. The van der Waals surface area contributed by atoms with Crippen LogP contribution >= 0.6 is 0 Å². The molecule has 0 aliphatic heterocycles. The molecule has 0 saturated heterocycles. The maximum absolute atomic E-state index is 10.9. The van der Waals surface area contributed by atoms with E-state index < -0.39 is 5.91 Å². The van der Waals surface area contributed by atoms with Gasteiger partial charge in [0.25, 0.3) is 0 Å². The molecule has 0 radical (unpaired) electrons. The molecule has 0 unspecified atom stereocenters. The van der Waals surface area contributed by atoms with Crippen molar-refractivity contribution in [3.63, 3.8) is 0 Å². The number of aliphatic imine (C=N–C) groups is 1. The van der Waals surface area contributed by atoms with Gasteiger partial charge in [-0.25, -0.2) is 5.84 Å². The number of anilines is 1. The number of hydrazine groups is 1. The number of carbonyl (C=O) groups is 1. The lowest BCUT2D eigenvalue weighted by atomic mass is 10.2. The number of hydrogen-bond donors (Lipinski definition) is 4. The van der Waals surface area contributed by atoms with E-state index in [1.54, 1.807) is 24.3 Å². The van der Waals surface area contributed by atoms with Gasteiger partial charge in [-0.15, -0.1) is 0 Å². The molecule has 98 valence electrons. The molecule has 0 aliphatic rings. The van der Waals surface area contributed by atoms with Crippen LogP contribution in [0.4, 0.5) is 5.69 Å². The Morgan fingerprint density at radius 3 is 2.50 bits per heavy atom. The van der Waals surface area contributed by atoms with Gasteiger partial charge in [-0.1, -0.05) is 13.3 Å². The summed E-state index contributed by atoms with van der Waals surface area (Å²) in [5.74, 6) is 5.41.